The number of carbonyl (C=O) groups excluding carboxylic acids is 1. The second kappa shape index (κ2) is 8.12. The van der Waals surface area contributed by atoms with Gasteiger partial charge in [-0.25, -0.2) is 9.97 Å². The van der Waals surface area contributed by atoms with E-state index in [0.29, 0.717) is 11.5 Å². The number of ether oxygens (including phenoxy) is 1. The van der Waals surface area contributed by atoms with Gasteiger partial charge in [0.1, 0.15) is 5.75 Å². The highest BCUT2D eigenvalue weighted by atomic mass is 16.5. The van der Waals surface area contributed by atoms with Crippen molar-refractivity contribution in [3.63, 3.8) is 0 Å². The predicted molar refractivity (Wildman–Crippen MR) is 90.2 cm³/mol. The molecule has 0 saturated heterocycles. The Morgan fingerprint density at radius 1 is 1.30 bits per heavy atom. The standard InChI is InChI=1S/C17H22N4O2/c1-4-5-9-21(2)16(22)13-11-18-17(19-12-13)20-14-7-6-8-15(10-14)23-3/h6-8,10-12H,4-5,9H2,1-3H3,(H,18,19,20). The lowest BCUT2D eigenvalue weighted by Gasteiger charge is -2.16. The van der Waals surface area contributed by atoms with Crippen LogP contribution in [0.2, 0.25) is 0 Å². The van der Waals surface area contributed by atoms with Crippen molar-refractivity contribution in [1.82, 2.24) is 14.9 Å². The molecule has 1 heterocycles. The van der Waals surface area contributed by atoms with E-state index in [1.54, 1.807) is 31.5 Å². The molecule has 1 N–H and O–H groups in total. The molecule has 2 aromatic rings. The van der Waals surface area contributed by atoms with E-state index in [4.69, 9.17) is 4.74 Å². The second-order valence-electron chi connectivity index (χ2n) is 5.23. The van der Waals surface area contributed by atoms with Crippen LogP contribution >= 0.6 is 0 Å². The van der Waals surface area contributed by atoms with E-state index >= 15 is 0 Å². The number of unbranched alkanes of at least 4 members (excludes halogenated alkanes) is 1. The zero-order chi connectivity index (χ0) is 16.7. The Balaban J connectivity index is 2.02. The fourth-order valence-electron chi connectivity index (χ4n) is 2.05. The molecular weight excluding hydrogens is 292 g/mol. The van der Waals surface area contributed by atoms with E-state index in [9.17, 15) is 4.79 Å². The van der Waals surface area contributed by atoms with Crippen LogP contribution in [0.5, 0.6) is 5.75 Å². The molecule has 0 bridgehead atoms. The van der Waals surface area contributed by atoms with E-state index in [2.05, 4.69) is 22.2 Å². The zero-order valence-electron chi connectivity index (χ0n) is 13.7. The van der Waals surface area contributed by atoms with Crippen molar-refractivity contribution in [2.75, 3.05) is 26.0 Å². The van der Waals surface area contributed by atoms with Crippen LogP contribution < -0.4 is 10.1 Å². The smallest absolute Gasteiger partial charge is 0.256 e. The fourth-order valence-corrected chi connectivity index (χ4v) is 2.05. The number of rotatable bonds is 7. The Morgan fingerprint density at radius 3 is 2.70 bits per heavy atom. The second-order valence-corrected chi connectivity index (χ2v) is 5.23. The van der Waals surface area contributed by atoms with E-state index in [-0.39, 0.29) is 5.91 Å². The molecule has 1 aromatic carbocycles. The SMILES string of the molecule is CCCCN(C)C(=O)c1cnc(Nc2cccc(OC)c2)nc1. The molecule has 23 heavy (non-hydrogen) atoms. The summed E-state index contributed by atoms with van der Waals surface area (Å²) in [6.07, 6.45) is 5.12. The first-order valence-corrected chi connectivity index (χ1v) is 7.62. The average molecular weight is 314 g/mol. The molecule has 0 radical (unpaired) electrons. The Kier molecular flexibility index (Phi) is 5.91. The van der Waals surface area contributed by atoms with Gasteiger partial charge in [0, 0.05) is 37.7 Å². The van der Waals surface area contributed by atoms with Crippen LogP contribution in [-0.4, -0.2) is 41.5 Å². The summed E-state index contributed by atoms with van der Waals surface area (Å²) in [6.45, 7) is 2.83. The van der Waals surface area contributed by atoms with Crippen LogP contribution in [0.1, 0.15) is 30.1 Å². The summed E-state index contributed by atoms with van der Waals surface area (Å²) in [7, 11) is 3.41. The van der Waals surface area contributed by atoms with Gasteiger partial charge in [-0.15, -0.1) is 0 Å². The molecule has 0 fully saturated rings. The largest absolute Gasteiger partial charge is 0.497 e. The Morgan fingerprint density at radius 2 is 2.04 bits per heavy atom. The highest BCUT2D eigenvalue weighted by molar-refractivity contribution is 5.93. The lowest BCUT2D eigenvalue weighted by atomic mass is 10.2. The number of hydrogen-bond donors (Lipinski definition) is 1. The number of methoxy groups -OCH3 is 1. The number of carbonyl (C=O) groups is 1. The molecule has 1 amide bonds. The van der Waals surface area contributed by atoms with Crippen molar-refractivity contribution >= 4 is 17.5 Å². The van der Waals surface area contributed by atoms with Crippen molar-refractivity contribution in [1.29, 1.82) is 0 Å². The summed E-state index contributed by atoms with van der Waals surface area (Å²) in [5.74, 6) is 1.12. The molecule has 0 spiro atoms. The third kappa shape index (κ3) is 4.67. The number of hydrogen-bond acceptors (Lipinski definition) is 5. The maximum atomic E-state index is 12.2. The zero-order valence-corrected chi connectivity index (χ0v) is 13.7. The molecule has 0 atom stereocenters. The van der Waals surface area contributed by atoms with Gasteiger partial charge >= 0.3 is 0 Å². The summed E-state index contributed by atoms with van der Waals surface area (Å²) < 4.78 is 5.17. The summed E-state index contributed by atoms with van der Waals surface area (Å²) in [5, 5.41) is 3.08. The third-order valence-electron chi connectivity index (χ3n) is 3.42. The van der Waals surface area contributed by atoms with Crippen LogP contribution in [0.25, 0.3) is 0 Å². The van der Waals surface area contributed by atoms with Gasteiger partial charge in [-0.05, 0) is 18.6 Å². The molecule has 122 valence electrons. The highest BCUT2D eigenvalue weighted by Gasteiger charge is 2.12. The van der Waals surface area contributed by atoms with Gasteiger partial charge in [-0.3, -0.25) is 4.79 Å². The van der Waals surface area contributed by atoms with E-state index in [0.717, 1.165) is 30.8 Å². The third-order valence-corrected chi connectivity index (χ3v) is 3.42. The first-order chi connectivity index (χ1) is 11.1. The molecule has 0 unspecified atom stereocenters. The van der Waals surface area contributed by atoms with Crippen LogP contribution in [0.3, 0.4) is 0 Å². The van der Waals surface area contributed by atoms with Gasteiger partial charge in [0.15, 0.2) is 0 Å². The van der Waals surface area contributed by atoms with E-state index in [1.807, 2.05) is 24.3 Å². The van der Waals surface area contributed by atoms with Gasteiger partial charge in [0.2, 0.25) is 5.95 Å². The van der Waals surface area contributed by atoms with Crippen molar-refractivity contribution < 1.29 is 9.53 Å². The van der Waals surface area contributed by atoms with E-state index in [1.165, 1.54) is 0 Å². The molecule has 2 rings (SSSR count). The summed E-state index contributed by atoms with van der Waals surface area (Å²) in [4.78, 5) is 22.3. The number of amides is 1. The number of nitrogens with zero attached hydrogens (tertiary/aromatic N) is 3. The van der Waals surface area contributed by atoms with E-state index < -0.39 is 0 Å². The van der Waals surface area contributed by atoms with Crippen LogP contribution in [0.15, 0.2) is 36.7 Å². The summed E-state index contributed by atoms with van der Waals surface area (Å²) in [6, 6.07) is 7.48. The maximum absolute atomic E-state index is 12.2. The number of benzene rings is 1. The van der Waals surface area contributed by atoms with Gasteiger partial charge in [-0.2, -0.15) is 0 Å². The first kappa shape index (κ1) is 16.7. The number of nitrogens with one attached hydrogen (secondary N) is 1. The molecule has 0 aliphatic heterocycles. The Hall–Kier alpha value is -2.63. The lowest BCUT2D eigenvalue weighted by Crippen LogP contribution is -2.27. The monoisotopic (exact) mass is 314 g/mol. The van der Waals surface area contributed by atoms with Crippen molar-refractivity contribution in [3.05, 3.63) is 42.2 Å². The molecule has 6 nitrogen and oxygen atoms in total. The minimum Gasteiger partial charge on any atom is -0.497 e. The quantitative estimate of drug-likeness (QED) is 0.850. The number of anilines is 2. The molecule has 0 aliphatic rings. The van der Waals surface area contributed by atoms with Crippen molar-refractivity contribution in [2.24, 2.45) is 0 Å². The van der Waals surface area contributed by atoms with Crippen LogP contribution in [0.4, 0.5) is 11.6 Å². The molecule has 6 heteroatoms. The van der Waals surface area contributed by atoms with Gasteiger partial charge in [0.25, 0.3) is 5.91 Å². The minimum atomic E-state index is -0.0635. The normalized spacial score (nSPS) is 10.2. The molecule has 0 saturated carbocycles. The summed E-state index contributed by atoms with van der Waals surface area (Å²) >= 11 is 0. The topological polar surface area (TPSA) is 67.4 Å². The van der Waals surface area contributed by atoms with Gasteiger partial charge in [-0.1, -0.05) is 19.4 Å². The highest BCUT2D eigenvalue weighted by Crippen LogP contribution is 2.19. The first-order valence-electron chi connectivity index (χ1n) is 7.62. The van der Waals surface area contributed by atoms with Crippen molar-refractivity contribution in [3.8, 4) is 5.75 Å². The molecule has 0 aliphatic carbocycles. The van der Waals surface area contributed by atoms with Crippen molar-refractivity contribution in [2.45, 2.75) is 19.8 Å². The van der Waals surface area contributed by atoms with Gasteiger partial charge in [0.05, 0.1) is 12.7 Å². The van der Waals surface area contributed by atoms with Crippen LogP contribution in [0, 0.1) is 0 Å². The molecule has 1 aromatic heterocycles. The lowest BCUT2D eigenvalue weighted by molar-refractivity contribution is 0.0792. The predicted octanol–water partition coefficient (Wildman–Crippen LogP) is 3.10. The maximum Gasteiger partial charge on any atom is 0.256 e. The fraction of sp³-hybridized carbons (Fsp3) is 0.353. The Bertz CT molecular complexity index is 643. The summed E-state index contributed by atoms with van der Waals surface area (Å²) in [5.41, 5.74) is 1.31. The molecular formula is C17H22N4O2. The average Bonchev–Trinajstić information content (AvgIpc) is 2.60. The van der Waals surface area contributed by atoms with Crippen LogP contribution in [-0.2, 0) is 0 Å². The van der Waals surface area contributed by atoms with Gasteiger partial charge < -0.3 is 15.0 Å². The number of aromatic nitrogens is 2. The minimum absolute atomic E-state index is 0.0635. The Labute approximate surface area is 136 Å².